The maximum Gasteiger partial charge on any atom is 0.128 e. The standard InChI is InChI=1S/C13H16BrN3O/c1-7-8(2)10(18-3)5-4-9(7)12(15)13-16-6-11(14)17-13/h4-6,12H,15H2,1-3H3,(H,16,17). The van der Waals surface area contributed by atoms with Gasteiger partial charge in [-0.25, -0.2) is 4.98 Å². The Bertz CT molecular complexity index is 565. The number of aromatic amines is 1. The zero-order valence-electron chi connectivity index (χ0n) is 10.6. The molecule has 5 heteroatoms. The van der Waals surface area contributed by atoms with E-state index in [4.69, 9.17) is 10.5 Å². The highest BCUT2D eigenvalue weighted by Gasteiger charge is 2.17. The molecular formula is C13H16BrN3O. The van der Waals surface area contributed by atoms with Crippen molar-refractivity contribution in [3.05, 3.63) is 45.4 Å². The summed E-state index contributed by atoms with van der Waals surface area (Å²) in [6.07, 6.45) is 1.71. The molecule has 0 bridgehead atoms. The second-order valence-corrected chi connectivity index (χ2v) is 5.06. The highest BCUT2D eigenvalue weighted by atomic mass is 79.9. The summed E-state index contributed by atoms with van der Waals surface area (Å²) in [7, 11) is 1.67. The minimum Gasteiger partial charge on any atom is -0.496 e. The van der Waals surface area contributed by atoms with Crippen molar-refractivity contribution < 1.29 is 4.74 Å². The van der Waals surface area contributed by atoms with Crippen LogP contribution in [0.1, 0.15) is 28.6 Å². The van der Waals surface area contributed by atoms with Crippen LogP contribution < -0.4 is 10.5 Å². The summed E-state index contributed by atoms with van der Waals surface area (Å²) in [6, 6.07) is 3.67. The molecule has 1 unspecified atom stereocenters. The number of ether oxygens (including phenoxy) is 1. The third-order valence-corrected chi connectivity index (χ3v) is 3.60. The van der Waals surface area contributed by atoms with Crippen molar-refractivity contribution in [2.45, 2.75) is 19.9 Å². The monoisotopic (exact) mass is 309 g/mol. The first-order valence-corrected chi connectivity index (χ1v) is 6.44. The van der Waals surface area contributed by atoms with Gasteiger partial charge in [-0.1, -0.05) is 6.07 Å². The van der Waals surface area contributed by atoms with Crippen LogP contribution in [0.3, 0.4) is 0 Å². The summed E-state index contributed by atoms with van der Waals surface area (Å²) in [6.45, 7) is 4.08. The van der Waals surface area contributed by atoms with Crippen LogP contribution in [0.25, 0.3) is 0 Å². The molecule has 0 radical (unpaired) electrons. The second-order valence-electron chi connectivity index (χ2n) is 4.20. The molecule has 0 spiro atoms. The van der Waals surface area contributed by atoms with Gasteiger partial charge in [-0.15, -0.1) is 0 Å². The van der Waals surface area contributed by atoms with Gasteiger partial charge in [0, 0.05) is 0 Å². The van der Waals surface area contributed by atoms with E-state index in [9.17, 15) is 0 Å². The number of H-pyrrole nitrogens is 1. The SMILES string of the molecule is COc1ccc(C(N)c2ncc(Br)[nH]2)c(C)c1C. The van der Waals surface area contributed by atoms with E-state index < -0.39 is 0 Å². The fourth-order valence-electron chi connectivity index (χ4n) is 1.99. The maximum atomic E-state index is 6.24. The first-order chi connectivity index (χ1) is 8.54. The second kappa shape index (κ2) is 5.12. The van der Waals surface area contributed by atoms with E-state index in [1.54, 1.807) is 13.3 Å². The van der Waals surface area contributed by atoms with Crippen molar-refractivity contribution in [3.8, 4) is 5.75 Å². The van der Waals surface area contributed by atoms with Gasteiger partial charge < -0.3 is 15.5 Å². The van der Waals surface area contributed by atoms with Crippen LogP contribution in [0.5, 0.6) is 5.75 Å². The fourth-order valence-corrected chi connectivity index (χ4v) is 2.30. The highest BCUT2D eigenvalue weighted by molar-refractivity contribution is 9.10. The first-order valence-electron chi connectivity index (χ1n) is 5.64. The Morgan fingerprint density at radius 3 is 2.61 bits per heavy atom. The number of imidazole rings is 1. The Labute approximate surface area is 115 Å². The molecule has 0 aliphatic heterocycles. The summed E-state index contributed by atoms with van der Waals surface area (Å²) < 4.78 is 6.13. The van der Waals surface area contributed by atoms with Gasteiger partial charge in [-0.3, -0.25) is 0 Å². The van der Waals surface area contributed by atoms with Crippen LogP contribution in [0, 0.1) is 13.8 Å². The largest absolute Gasteiger partial charge is 0.496 e. The number of rotatable bonds is 3. The number of hydrogen-bond donors (Lipinski definition) is 2. The number of nitrogens with two attached hydrogens (primary N) is 1. The van der Waals surface area contributed by atoms with Gasteiger partial charge in [-0.2, -0.15) is 0 Å². The number of benzene rings is 1. The van der Waals surface area contributed by atoms with Crippen molar-refractivity contribution in [1.29, 1.82) is 0 Å². The highest BCUT2D eigenvalue weighted by Crippen LogP contribution is 2.29. The predicted octanol–water partition coefficient (Wildman–Crippen LogP) is 2.85. The first kappa shape index (κ1) is 13.1. The molecule has 1 aromatic carbocycles. The average molecular weight is 310 g/mol. The van der Waals surface area contributed by atoms with E-state index in [1.165, 1.54) is 0 Å². The predicted molar refractivity (Wildman–Crippen MR) is 74.8 cm³/mol. The third-order valence-electron chi connectivity index (χ3n) is 3.19. The van der Waals surface area contributed by atoms with Crippen molar-refractivity contribution in [3.63, 3.8) is 0 Å². The van der Waals surface area contributed by atoms with Crippen molar-refractivity contribution >= 4 is 15.9 Å². The number of halogens is 1. The number of nitrogens with zero attached hydrogens (tertiary/aromatic N) is 1. The Kier molecular flexibility index (Phi) is 3.73. The van der Waals surface area contributed by atoms with Crippen LogP contribution in [0.2, 0.25) is 0 Å². The van der Waals surface area contributed by atoms with E-state index in [1.807, 2.05) is 26.0 Å². The van der Waals surface area contributed by atoms with Crippen molar-refractivity contribution in [1.82, 2.24) is 9.97 Å². The molecule has 0 amide bonds. The Morgan fingerprint density at radius 2 is 2.06 bits per heavy atom. The zero-order valence-corrected chi connectivity index (χ0v) is 12.2. The maximum absolute atomic E-state index is 6.24. The Morgan fingerprint density at radius 1 is 1.33 bits per heavy atom. The van der Waals surface area contributed by atoms with E-state index >= 15 is 0 Å². The van der Waals surface area contributed by atoms with E-state index in [0.29, 0.717) is 0 Å². The van der Waals surface area contributed by atoms with Gasteiger partial charge in [0.2, 0.25) is 0 Å². The van der Waals surface area contributed by atoms with Crippen LogP contribution >= 0.6 is 15.9 Å². The van der Waals surface area contributed by atoms with Gasteiger partial charge in [0.25, 0.3) is 0 Å². The van der Waals surface area contributed by atoms with Gasteiger partial charge in [0.1, 0.15) is 16.2 Å². The summed E-state index contributed by atoms with van der Waals surface area (Å²) in [5.41, 5.74) is 9.53. The van der Waals surface area contributed by atoms with Crippen LogP contribution in [0.4, 0.5) is 0 Å². The van der Waals surface area contributed by atoms with Crippen LogP contribution in [0.15, 0.2) is 22.9 Å². The molecule has 0 saturated carbocycles. The topological polar surface area (TPSA) is 63.9 Å². The molecule has 96 valence electrons. The minimum absolute atomic E-state index is 0.263. The van der Waals surface area contributed by atoms with Gasteiger partial charge in [-0.05, 0) is 52.5 Å². The number of methoxy groups -OCH3 is 1. The van der Waals surface area contributed by atoms with Crippen LogP contribution in [-0.4, -0.2) is 17.1 Å². The molecule has 1 aromatic heterocycles. The molecule has 0 saturated heterocycles. The third kappa shape index (κ3) is 2.28. The molecule has 18 heavy (non-hydrogen) atoms. The summed E-state index contributed by atoms with van der Waals surface area (Å²) in [5.74, 6) is 1.62. The summed E-state index contributed by atoms with van der Waals surface area (Å²) in [4.78, 5) is 7.35. The number of hydrogen-bond acceptors (Lipinski definition) is 3. The quantitative estimate of drug-likeness (QED) is 0.916. The molecule has 1 heterocycles. The molecule has 2 rings (SSSR count). The van der Waals surface area contributed by atoms with Crippen LogP contribution in [-0.2, 0) is 0 Å². The lowest BCUT2D eigenvalue weighted by Gasteiger charge is -2.16. The van der Waals surface area contributed by atoms with Crippen molar-refractivity contribution in [2.24, 2.45) is 5.73 Å². The summed E-state index contributed by atoms with van der Waals surface area (Å²) >= 11 is 3.34. The molecule has 2 aromatic rings. The van der Waals surface area contributed by atoms with Gasteiger partial charge in [0.15, 0.2) is 0 Å². The van der Waals surface area contributed by atoms with Crippen molar-refractivity contribution in [2.75, 3.05) is 7.11 Å². The molecule has 3 N–H and O–H groups in total. The molecule has 1 atom stereocenters. The van der Waals surface area contributed by atoms with E-state index in [0.717, 1.165) is 32.9 Å². The lowest BCUT2D eigenvalue weighted by molar-refractivity contribution is 0.411. The molecule has 4 nitrogen and oxygen atoms in total. The molecule has 0 aliphatic carbocycles. The van der Waals surface area contributed by atoms with E-state index in [-0.39, 0.29) is 6.04 Å². The number of nitrogens with one attached hydrogen (secondary N) is 1. The van der Waals surface area contributed by atoms with Gasteiger partial charge >= 0.3 is 0 Å². The smallest absolute Gasteiger partial charge is 0.128 e. The lowest BCUT2D eigenvalue weighted by Crippen LogP contribution is -2.15. The Hall–Kier alpha value is -1.33. The zero-order chi connectivity index (χ0) is 13.3. The molecular weight excluding hydrogens is 294 g/mol. The molecule has 0 fully saturated rings. The minimum atomic E-state index is -0.263. The lowest BCUT2D eigenvalue weighted by atomic mass is 9.97. The Balaban J connectivity index is 2.42. The van der Waals surface area contributed by atoms with Gasteiger partial charge in [0.05, 0.1) is 19.3 Å². The summed E-state index contributed by atoms with van der Waals surface area (Å²) in [5, 5.41) is 0. The fraction of sp³-hybridized carbons (Fsp3) is 0.308. The van der Waals surface area contributed by atoms with E-state index in [2.05, 4.69) is 25.9 Å². The normalized spacial score (nSPS) is 12.5. The average Bonchev–Trinajstić information content (AvgIpc) is 2.78. The molecule has 0 aliphatic rings. The number of aromatic nitrogens is 2.